The zero-order valence-electron chi connectivity index (χ0n) is 11.1. The van der Waals surface area contributed by atoms with Gasteiger partial charge in [-0.1, -0.05) is 0 Å². The molecule has 0 saturated heterocycles. The number of nitrogens with one attached hydrogen (secondary N) is 1. The van der Waals surface area contributed by atoms with Gasteiger partial charge in [0.2, 0.25) is 10.0 Å². The van der Waals surface area contributed by atoms with Gasteiger partial charge in [0.05, 0.1) is 24.0 Å². The van der Waals surface area contributed by atoms with Crippen molar-refractivity contribution in [3.63, 3.8) is 0 Å². The maximum Gasteiger partial charge on any atom is 0.338 e. The Morgan fingerprint density at radius 2 is 2.10 bits per heavy atom. The molecule has 0 spiro atoms. The van der Waals surface area contributed by atoms with E-state index in [9.17, 15) is 17.6 Å². The summed E-state index contributed by atoms with van der Waals surface area (Å²) < 4.78 is 43.9. The molecule has 0 atom stereocenters. The lowest BCUT2D eigenvalue weighted by molar-refractivity contribution is 0.0691. The monoisotopic (exact) mass is 305 g/mol. The Morgan fingerprint density at radius 1 is 1.45 bits per heavy atom. The number of halogens is 1. The van der Waals surface area contributed by atoms with Crippen LogP contribution in [0, 0.1) is 5.82 Å². The Bertz CT molecular complexity index is 586. The minimum atomic E-state index is -3.68. The molecule has 0 aromatic heterocycles. The van der Waals surface area contributed by atoms with E-state index in [0.29, 0.717) is 0 Å². The number of benzene rings is 1. The fourth-order valence-corrected chi connectivity index (χ4v) is 2.28. The third-order valence-corrected chi connectivity index (χ3v) is 3.52. The number of aromatic carboxylic acids is 1. The Labute approximate surface area is 116 Å². The highest BCUT2D eigenvalue weighted by molar-refractivity contribution is 7.92. The molecule has 20 heavy (non-hydrogen) atoms. The molecule has 0 aliphatic heterocycles. The Kier molecular flexibility index (Phi) is 5.46. The topological polar surface area (TPSA) is 92.7 Å². The van der Waals surface area contributed by atoms with Crippen LogP contribution in [0.3, 0.4) is 0 Å². The van der Waals surface area contributed by atoms with Crippen LogP contribution in [0.25, 0.3) is 0 Å². The molecule has 0 radical (unpaired) electrons. The molecule has 0 unspecified atom stereocenters. The first-order valence-electron chi connectivity index (χ1n) is 5.86. The van der Waals surface area contributed by atoms with Crippen molar-refractivity contribution in [1.82, 2.24) is 0 Å². The van der Waals surface area contributed by atoms with Crippen molar-refractivity contribution in [2.45, 2.75) is 20.0 Å². The van der Waals surface area contributed by atoms with Gasteiger partial charge in [0, 0.05) is 5.69 Å². The van der Waals surface area contributed by atoms with Crippen LogP contribution in [0.4, 0.5) is 10.1 Å². The van der Waals surface area contributed by atoms with Crippen molar-refractivity contribution in [1.29, 1.82) is 0 Å². The Balaban J connectivity index is 2.77. The largest absolute Gasteiger partial charge is 0.478 e. The summed E-state index contributed by atoms with van der Waals surface area (Å²) >= 11 is 0. The van der Waals surface area contributed by atoms with Gasteiger partial charge < -0.3 is 9.84 Å². The van der Waals surface area contributed by atoms with Gasteiger partial charge in [0.15, 0.2) is 0 Å². The van der Waals surface area contributed by atoms with Crippen LogP contribution < -0.4 is 4.72 Å². The molecule has 1 aromatic rings. The predicted octanol–water partition coefficient (Wildman–Crippen LogP) is 1.69. The van der Waals surface area contributed by atoms with Crippen molar-refractivity contribution in [3.05, 3.63) is 29.6 Å². The molecule has 8 heteroatoms. The van der Waals surface area contributed by atoms with Crippen molar-refractivity contribution >= 4 is 21.7 Å². The third kappa shape index (κ3) is 5.14. The van der Waals surface area contributed by atoms with E-state index in [1.165, 1.54) is 0 Å². The number of anilines is 1. The van der Waals surface area contributed by atoms with E-state index in [4.69, 9.17) is 9.84 Å². The number of carboxylic acid groups (broad SMARTS) is 1. The maximum atomic E-state index is 13.2. The standard InChI is InChI=1S/C12H16FNO5S/c1-8(2)19-5-6-20(17,18)14-9-3-4-11(13)10(7-9)12(15)16/h3-4,7-8,14H,5-6H2,1-2H3,(H,15,16). The van der Waals surface area contributed by atoms with E-state index >= 15 is 0 Å². The summed E-state index contributed by atoms with van der Waals surface area (Å²) in [5.41, 5.74) is -0.600. The van der Waals surface area contributed by atoms with Crippen LogP contribution in [-0.2, 0) is 14.8 Å². The predicted molar refractivity (Wildman–Crippen MR) is 71.9 cm³/mol. The van der Waals surface area contributed by atoms with E-state index in [1.54, 1.807) is 13.8 Å². The first-order chi connectivity index (χ1) is 9.21. The number of carbonyl (C=O) groups is 1. The smallest absolute Gasteiger partial charge is 0.338 e. The van der Waals surface area contributed by atoms with Crippen molar-refractivity contribution in [2.24, 2.45) is 0 Å². The zero-order valence-corrected chi connectivity index (χ0v) is 11.9. The normalized spacial score (nSPS) is 11.6. The molecule has 1 aromatic carbocycles. The van der Waals surface area contributed by atoms with Gasteiger partial charge in [-0.25, -0.2) is 17.6 Å². The van der Waals surface area contributed by atoms with Crippen molar-refractivity contribution < 1.29 is 27.4 Å². The van der Waals surface area contributed by atoms with Crippen molar-refractivity contribution in [3.8, 4) is 0 Å². The number of ether oxygens (including phenoxy) is 1. The number of hydrogen-bond donors (Lipinski definition) is 2. The highest BCUT2D eigenvalue weighted by Crippen LogP contribution is 2.16. The molecule has 112 valence electrons. The quantitative estimate of drug-likeness (QED) is 0.799. The lowest BCUT2D eigenvalue weighted by Crippen LogP contribution is -2.21. The van der Waals surface area contributed by atoms with Gasteiger partial charge >= 0.3 is 5.97 Å². The number of hydrogen-bond acceptors (Lipinski definition) is 4. The van der Waals surface area contributed by atoms with Gasteiger partial charge in [0.1, 0.15) is 5.82 Å². The summed E-state index contributed by atoms with van der Waals surface area (Å²) in [5, 5.41) is 8.75. The summed E-state index contributed by atoms with van der Waals surface area (Å²) in [4.78, 5) is 10.7. The van der Waals surface area contributed by atoms with Gasteiger partial charge in [-0.2, -0.15) is 0 Å². The number of carboxylic acids is 1. The third-order valence-electron chi connectivity index (χ3n) is 2.27. The minimum Gasteiger partial charge on any atom is -0.478 e. The van der Waals surface area contributed by atoms with Crippen molar-refractivity contribution in [2.75, 3.05) is 17.1 Å². The molecule has 0 fully saturated rings. The molecule has 0 aliphatic rings. The van der Waals surface area contributed by atoms with Gasteiger partial charge in [0.25, 0.3) is 0 Å². The highest BCUT2D eigenvalue weighted by atomic mass is 32.2. The second-order valence-electron chi connectivity index (χ2n) is 4.34. The van der Waals surface area contributed by atoms with Gasteiger partial charge in [-0.15, -0.1) is 0 Å². The zero-order chi connectivity index (χ0) is 15.3. The van der Waals surface area contributed by atoms with E-state index in [-0.39, 0.29) is 24.2 Å². The van der Waals surface area contributed by atoms with Crippen LogP contribution in [0.5, 0.6) is 0 Å². The summed E-state index contributed by atoms with van der Waals surface area (Å²) in [6.45, 7) is 3.57. The van der Waals surface area contributed by atoms with Gasteiger partial charge in [-0.3, -0.25) is 4.72 Å². The molecular formula is C12H16FNO5S. The first kappa shape index (κ1) is 16.4. The SMILES string of the molecule is CC(C)OCCS(=O)(=O)Nc1ccc(F)c(C(=O)O)c1. The Morgan fingerprint density at radius 3 is 2.65 bits per heavy atom. The molecule has 1 rings (SSSR count). The van der Waals surface area contributed by atoms with Crippen LogP contribution in [0.15, 0.2) is 18.2 Å². The molecule has 6 nitrogen and oxygen atoms in total. The molecule has 2 N–H and O–H groups in total. The Hall–Kier alpha value is -1.67. The van der Waals surface area contributed by atoms with E-state index in [1.807, 2.05) is 0 Å². The highest BCUT2D eigenvalue weighted by Gasteiger charge is 2.15. The second-order valence-corrected chi connectivity index (χ2v) is 6.18. The van der Waals surface area contributed by atoms with E-state index < -0.39 is 27.4 Å². The molecule has 0 amide bonds. The van der Waals surface area contributed by atoms with Crippen LogP contribution in [-0.4, -0.2) is 38.0 Å². The minimum absolute atomic E-state index is 0.00616. The van der Waals surface area contributed by atoms with Crippen LogP contribution in [0.2, 0.25) is 0 Å². The van der Waals surface area contributed by atoms with E-state index in [2.05, 4.69) is 4.72 Å². The number of rotatable bonds is 7. The summed E-state index contributed by atoms with van der Waals surface area (Å²) in [6.07, 6.45) is -0.0883. The molecule has 0 saturated carbocycles. The lowest BCUT2D eigenvalue weighted by atomic mass is 10.2. The van der Waals surface area contributed by atoms with Crippen LogP contribution >= 0.6 is 0 Å². The number of sulfonamides is 1. The summed E-state index contributed by atoms with van der Waals surface area (Å²) in [7, 11) is -3.68. The molecule has 0 aliphatic carbocycles. The molecular weight excluding hydrogens is 289 g/mol. The fraction of sp³-hybridized carbons (Fsp3) is 0.417. The summed E-state index contributed by atoms with van der Waals surface area (Å²) in [5.74, 6) is -2.67. The summed E-state index contributed by atoms with van der Waals surface area (Å²) in [6, 6.07) is 2.98. The average Bonchev–Trinajstić information content (AvgIpc) is 2.30. The maximum absolute atomic E-state index is 13.2. The first-order valence-corrected chi connectivity index (χ1v) is 7.51. The molecule has 0 bridgehead atoms. The lowest BCUT2D eigenvalue weighted by Gasteiger charge is -2.10. The van der Waals surface area contributed by atoms with Crippen LogP contribution in [0.1, 0.15) is 24.2 Å². The molecule has 0 heterocycles. The van der Waals surface area contributed by atoms with E-state index in [0.717, 1.165) is 18.2 Å². The van der Waals surface area contributed by atoms with Gasteiger partial charge in [-0.05, 0) is 32.0 Å². The average molecular weight is 305 g/mol. The fourth-order valence-electron chi connectivity index (χ4n) is 1.38. The second kappa shape index (κ2) is 6.67.